The molecule has 76 heavy (non-hydrogen) atoms. The number of aliphatic hydroxyl groups is 2. The van der Waals surface area contributed by atoms with Gasteiger partial charge in [-0.05, 0) is 77.0 Å². The number of carbonyl (C=O) groups is 2. The van der Waals surface area contributed by atoms with Gasteiger partial charge in [0.1, 0.15) is 0 Å². The maximum absolute atomic E-state index is 12.5. The van der Waals surface area contributed by atoms with Gasteiger partial charge < -0.3 is 20.3 Å². The molecule has 6 heteroatoms. The van der Waals surface area contributed by atoms with Gasteiger partial charge in [0, 0.05) is 12.8 Å². The van der Waals surface area contributed by atoms with E-state index in [1.165, 1.54) is 308 Å². The number of hydrogen-bond acceptors (Lipinski definition) is 5. The Morgan fingerprint density at radius 3 is 0.934 bits per heavy atom. The molecule has 0 aliphatic carbocycles. The summed E-state index contributed by atoms with van der Waals surface area (Å²) in [4.78, 5) is 24.6. The van der Waals surface area contributed by atoms with Crippen LogP contribution in [-0.2, 0) is 14.3 Å². The lowest BCUT2D eigenvalue weighted by atomic mass is 10.0. The summed E-state index contributed by atoms with van der Waals surface area (Å²) in [7, 11) is 0. The van der Waals surface area contributed by atoms with Crippen LogP contribution in [0.2, 0.25) is 0 Å². The van der Waals surface area contributed by atoms with Crippen molar-refractivity contribution in [2.45, 2.75) is 398 Å². The van der Waals surface area contributed by atoms with E-state index >= 15 is 0 Å². The normalized spacial score (nSPS) is 12.6. The first-order chi connectivity index (χ1) is 37.5. The summed E-state index contributed by atoms with van der Waals surface area (Å²) in [5.41, 5.74) is 0. The lowest BCUT2D eigenvalue weighted by Crippen LogP contribution is -2.45. The highest BCUT2D eigenvalue weighted by Crippen LogP contribution is 2.18. The number of allylic oxidation sites excluding steroid dienone is 4. The van der Waals surface area contributed by atoms with Crippen LogP contribution in [0, 0.1) is 0 Å². The third kappa shape index (κ3) is 61.6. The second-order valence-corrected chi connectivity index (χ2v) is 23.9. The molecule has 3 N–H and O–H groups in total. The van der Waals surface area contributed by atoms with E-state index in [0.717, 1.165) is 44.9 Å². The van der Waals surface area contributed by atoms with E-state index in [-0.39, 0.29) is 18.5 Å². The van der Waals surface area contributed by atoms with Crippen molar-refractivity contribution < 1.29 is 24.5 Å². The Labute approximate surface area is 475 Å². The Balaban J connectivity index is 3.33. The molecule has 6 nitrogen and oxygen atoms in total. The maximum atomic E-state index is 12.5. The number of hydrogen-bond donors (Lipinski definition) is 3. The number of nitrogens with one attached hydrogen (secondary N) is 1. The zero-order chi connectivity index (χ0) is 55.0. The summed E-state index contributed by atoms with van der Waals surface area (Å²) in [6.07, 6.45) is 82.3. The topological polar surface area (TPSA) is 95.9 Å². The van der Waals surface area contributed by atoms with Gasteiger partial charge in [-0.2, -0.15) is 0 Å². The number of ether oxygens (including phenoxy) is 1. The number of esters is 1. The van der Waals surface area contributed by atoms with Crippen LogP contribution in [0.3, 0.4) is 0 Å². The Morgan fingerprint density at radius 2 is 0.618 bits per heavy atom. The minimum atomic E-state index is -0.661. The Bertz CT molecular complexity index is 1190. The van der Waals surface area contributed by atoms with Gasteiger partial charge in [-0.25, -0.2) is 0 Å². The molecule has 2 unspecified atom stereocenters. The summed E-state index contributed by atoms with van der Waals surface area (Å²) in [5.74, 6) is -0.0181. The first-order valence-corrected chi connectivity index (χ1v) is 34.6. The predicted octanol–water partition coefficient (Wildman–Crippen LogP) is 22.1. The van der Waals surface area contributed by atoms with E-state index < -0.39 is 12.1 Å². The molecule has 0 rings (SSSR count). The van der Waals surface area contributed by atoms with Crippen LogP contribution >= 0.6 is 0 Å². The van der Waals surface area contributed by atoms with Crippen molar-refractivity contribution in [2.24, 2.45) is 0 Å². The molecule has 0 radical (unpaired) electrons. The molecule has 0 aromatic carbocycles. The van der Waals surface area contributed by atoms with Gasteiger partial charge in [-0.3, -0.25) is 9.59 Å². The fourth-order valence-electron chi connectivity index (χ4n) is 10.9. The molecule has 0 aliphatic heterocycles. The number of unbranched alkanes of at least 4 members (excludes halogenated alkanes) is 50. The zero-order valence-electron chi connectivity index (χ0n) is 51.5. The third-order valence-corrected chi connectivity index (χ3v) is 16.2. The van der Waals surface area contributed by atoms with Crippen molar-refractivity contribution in [1.29, 1.82) is 0 Å². The highest BCUT2D eigenvalue weighted by molar-refractivity contribution is 5.76. The Kier molecular flexibility index (Phi) is 64.4. The standard InChI is InChI=1S/C70H135NO5/c1-3-5-7-9-11-13-15-16-17-18-34-37-40-44-48-52-56-60-64-70(75)76-65-61-57-53-49-45-41-38-35-32-30-28-26-24-22-20-19-21-23-25-27-29-31-33-36-39-43-47-51-55-59-63-69(74)71-67(66-72)68(73)62-58-54-50-46-42-14-12-10-8-6-4-2/h17-18,20,22,67-68,72-73H,3-16,19,21,23-66H2,1-2H3,(H,71,74)/b18-17-,22-20-. The van der Waals surface area contributed by atoms with Crippen LogP contribution < -0.4 is 5.32 Å². The minimum absolute atomic E-state index is 0.0148. The fourth-order valence-corrected chi connectivity index (χ4v) is 10.9. The lowest BCUT2D eigenvalue weighted by molar-refractivity contribution is -0.143. The quantitative estimate of drug-likeness (QED) is 0.0320. The number of aliphatic hydroxyl groups excluding tert-OH is 2. The molecule has 2 atom stereocenters. The average molecular weight is 1070 g/mol. The van der Waals surface area contributed by atoms with Crippen LogP contribution in [0.1, 0.15) is 386 Å². The van der Waals surface area contributed by atoms with E-state index in [2.05, 4.69) is 43.5 Å². The lowest BCUT2D eigenvalue weighted by Gasteiger charge is -2.22. The smallest absolute Gasteiger partial charge is 0.305 e. The first kappa shape index (κ1) is 74.3. The molecular formula is C70H135NO5. The van der Waals surface area contributed by atoms with Gasteiger partial charge in [0.05, 0.1) is 25.4 Å². The molecule has 0 saturated heterocycles. The van der Waals surface area contributed by atoms with Crippen molar-refractivity contribution >= 4 is 11.9 Å². The van der Waals surface area contributed by atoms with Gasteiger partial charge in [-0.1, -0.05) is 321 Å². The van der Waals surface area contributed by atoms with E-state index in [9.17, 15) is 19.8 Å². The summed E-state index contributed by atoms with van der Waals surface area (Å²) in [5, 5.41) is 23.2. The summed E-state index contributed by atoms with van der Waals surface area (Å²) < 4.78 is 5.50. The summed E-state index contributed by atoms with van der Waals surface area (Å²) in [6.45, 7) is 4.97. The van der Waals surface area contributed by atoms with Gasteiger partial charge in [-0.15, -0.1) is 0 Å². The molecule has 0 saturated carbocycles. The number of amides is 1. The van der Waals surface area contributed by atoms with E-state index in [1.807, 2.05) is 0 Å². The molecule has 0 aliphatic rings. The molecular weight excluding hydrogens is 935 g/mol. The monoisotopic (exact) mass is 1070 g/mol. The van der Waals surface area contributed by atoms with Crippen LogP contribution in [0.4, 0.5) is 0 Å². The molecule has 0 heterocycles. The SMILES string of the molecule is CCCCCCCCC/C=C\CCCCCCCCCC(=O)OCCCCCCCCCCCCCC/C=C\CCCCCCCCCCCCCCCCC(=O)NC(CO)C(O)CCCCCCCCCCCCC. The molecule has 0 aromatic rings. The van der Waals surface area contributed by atoms with Crippen molar-refractivity contribution in [3.8, 4) is 0 Å². The highest BCUT2D eigenvalue weighted by Gasteiger charge is 2.20. The maximum Gasteiger partial charge on any atom is 0.305 e. The minimum Gasteiger partial charge on any atom is -0.466 e. The van der Waals surface area contributed by atoms with Crippen LogP contribution in [-0.4, -0.2) is 47.4 Å². The summed E-state index contributed by atoms with van der Waals surface area (Å²) in [6, 6.07) is -0.539. The number of rotatable bonds is 65. The van der Waals surface area contributed by atoms with Crippen LogP contribution in [0.15, 0.2) is 24.3 Å². The van der Waals surface area contributed by atoms with E-state index in [0.29, 0.717) is 25.9 Å². The highest BCUT2D eigenvalue weighted by atomic mass is 16.5. The van der Waals surface area contributed by atoms with Gasteiger partial charge in [0.2, 0.25) is 5.91 Å². The van der Waals surface area contributed by atoms with Crippen LogP contribution in [0.5, 0.6) is 0 Å². The molecule has 0 bridgehead atoms. The largest absolute Gasteiger partial charge is 0.466 e. The predicted molar refractivity (Wildman–Crippen MR) is 333 cm³/mol. The number of carbonyl (C=O) groups excluding carboxylic acids is 2. The average Bonchev–Trinajstić information content (AvgIpc) is 3.42. The van der Waals surface area contributed by atoms with E-state index in [4.69, 9.17) is 4.74 Å². The van der Waals surface area contributed by atoms with Crippen molar-refractivity contribution in [3.63, 3.8) is 0 Å². The van der Waals surface area contributed by atoms with Gasteiger partial charge in [0.25, 0.3) is 0 Å². The van der Waals surface area contributed by atoms with Gasteiger partial charge in [0.15, 0.2) is 0 Å². The second-order valence-electron chi connectivity index (χ2n) is 23.9. The molecule has 450 valence electrons. The van der Waals surface area contributed by atoms with Crippen molar-refractivity contribution in [2.75, 3.05) is 13.2 Å². The zero-order valence-corrected chi connectivity index (χ0v) is 51.5. The third-order valence-electron chi connectivity index (χ3n) is 16.2. The van der Waals surface area contributed by atoms with Crippen LogP contribution in [0.25, 0.3) is 0 Å². The molecule has 1 amide bonds. The Hall–Kier alpha value is -1.66. The molecule has 0 fully saturated rings. The van der Waals surface area contributed by atoms with Crippen molar-refractivity contribution in [3.05, 3.63) is 24.3 Å². The van der Waals surface area contributed by atoms with Gasteiger partial charge >= 0.3 is 5.97 Å². The van der Waals surface area contributed by atoms with E-state index in [1.54, 1.807) is 0 Å². The van der Waals surface area contributed by atoms with Crippen molar-refractivity contribution in [1.82, 2.24) is 5.32 Å². The fraction of sp³-hybridized carbons (Fsp3) is 0.914. The summed E-state index contributed by atoms with van der Waals surface area (Å²) >= 11 is 0. The second kappa shape index (κ2) is 65.9. The first-order valence-electron chi connectivity index (χ1n) is 34.6. The Morgan fingerprint density at radius 1 is 0.355 bits per heavy atom. The molecule has 0 aromatic heterocycles. The molecule has 0 spiro atoms.